The van der Waals surface area contributed by atoms with Crippen LogP contribution < -0.4 is 5.32 Å². The number of esters is 1. The fourth-order valence-electron chi connectivity index (χ4n) is 1.85. The van der Waals surface area contributed by atoms with Gasteiger partial charge in [0.2, 0.25) is 5.91 Å². The van der Waals surface area contributed by atoms with Gasteiger partial charge in [-0.15, -0.1) is 0 Å². The molecule has 1 amide bonds. The molecule has 4 heteroatoms. The number of cyclic esters (lactones) is 1. The van der Waals surface area contributed by atoms with Crippen LogP contribution >= 0.6 is 0 Å². The molecular weight excluding hydrogens is 218 g/mol. The van der Waals surface area contributed by atoms with Crippen molar-refractivity contribution in [2.24, 2.45) is 0 Å². The number of amides is 1. The first-order valence-electron chi connectivity index (χ1n) is 5.25. The van der Waals surface area contributed by atoms with Gasteiger partial charge in [-0.25, -0.2) is 4.79 Å². The highest BCUT2D eigenvalue weighted by molar-refractivity contribution is 6.01. The third kappa shape index (κ3) is 1.93. The summed E-state index contributed by atoms with van der Waals surface area (Å²) < 4.78 is 5.23. The Hall–Kier alpha value is -2.10. The van der Waals surface area contributed by atoms with E-state index in [-0.39, 0.29) is 11.9 Å². The van der Waals surface area contributed by atoms with Gasteiger partial charge in [0.05, 0.1) is 5.56 Å². The Morgan fingerprint density at radius 2 is 2.18 bits per heavy atom. The molecule has 0 fully saturated rings. The van der Waals surface area contributed by atoms with E-state index in [1.54, 1.807) is 18.2 Å². The van der Waals surface area contributed by atoms with Gasteiger partial charge in [0, 0.05) is 11.3 Å². The largest absolute Gasteiger partial charge is 0.451 e. The molecule has 4 nitrogen and oxygen atoms in total. The third-order valence-electron chi connectivity index (χ3n) is 2.69. The molecule has 1 N–H and O–H groups in total. The van der Waals surface area contributed by atoms with Crippen molar-refractivity contribution in [3.63, 3.8) is 0 Å². The second kappa shape index (κ2) is 3.73. The minimum Gasteiger partial charge on any atom is -0.451 e. The normalized spacial score (nSPS) is 16.0. The van der Waals surface area contributed by atoms with Gasteiger partial charge < -0.3 is 10.1 Å². The number of hydrogen-bond acceptors (Lipinski definition) is 3. The summed E-state index contributed by atoms with van der Waals surface area (Å²) in [5.74, 6) is -0.671. The van der Waals surface area contributed by atoms with Crippen LogP contribution in [0.1, 0.15) is 29.8 Å². The standard InChI is InChI=1S/C13H13NO3/c1-4-11(15)14-8-5-6-10-9(7-8)12(16)17-13(10,2)3/h4-7H,1H2,2-3H3,(H,14,15). The van der Waals surface area contributed by atoms with Gasteiger partial charge >= 0.3 is 5.97 Å². The van der Waals surface area contributed by atoms with Crippen LogP contribution in [0.4, 0.5) is 5.69 Å². The van der Waals surface area contributed by atoms with E-state index < -0.39 is 5.60 Å². The Kier molecular flexibility index (Phi) is 2.50. The molecule has 0 aliphatic carbocycles. The van der Waals surface area contributed by atoms with Crippen molar-refractivity contribution < 1.29 is 14.3 Å². The molecule has 0 aromatic heterocycles. The van der Waals surface area contributed by atoms with E-state index in [1.165, 1.54) is 6.08 Å². The van der Waals surface area contributed by atoms with E-state index in [0.717, 1.165) is 5.56 Å². The van der Waals surface area contributed by atoms with Gasteiger partial charge in [-0.05, 0) is 32.1 Å². The van der Waals surface area contributed by atoms with E-state index in [0.29, 0.717) is 11.3 Å². The van der Waals surface area contributed by atoms with Crippen molar-refractivity contribution in [3.8, 4) is 0 Å². The smallest absolute Gasteiger partial charge is 0.339 e. The van der Waals surface area contributed by atoms with E-state index in [2.05, 4.69) is 11.9 Å². The second-order valence-electron chi connectivity index (χ2n) is 4.35. The lowest BCUT2D eigenvalue weighted by atomic mass is 9.96. The number of hydrogen-bond donors (Lipinski definition) is 1. The third-order valence-corrected chi connectivity index (χ3v) is 2.69. The Labute approximate surface area is 99.3 Å². The van der Waals surface area contributed by atoms with Gasteiger partial charge in [0.25, 0.3) is 0 Å². The first-order valence-corrected chi connectivity index (χ1v) is 5.25. The van der Waals surface area contributed by atoms with Crippen molar-refractivity contribution in [1.29, 1.82) is 0 Å². The maximum absolute atomic E-state index is 11.6. The maximum atomic E-state index is 11.6. The Balaban J connectivity index is 2.39. The lowest BCUT2D eigenvalue weighted by molar-refractivity contribution is -0.111. The van der Waals surface area contributed by atoms with Gasteiger partial charge in [-0.2, -0.15) is 0 Å². The number of ether oxygens (including phenoxy) is 1. The van der Waals surface area contributed by atoms with Gasteiger partial charge in [-0.1, -0.05) is 12.6 Å². The summed E-state index contributed by atoms with van der Waals surface area (Å²) in [4.78, 5) is 22.8. The number of fused-ring (bicyclic) bond motifs is 1. The van der Waals surface area contributed by atoms with Gasteiger partial charge in [0.15, 0.2) is 0 Å². The van der Waals surface area contributed by atoms with Crippen LogP contribution in [0.2, 0.25) is 0 Å². The lowest BCUT2D eigenvalue weighted by Crippen LogP contribution is -2.15. The van der Waals surface area contributed by atoms with Crippen molar-refractivity contribution in [1.82, 2.24) is 0 Å². The molecule has 0 saturated heterocycles. The molecule has 0 bridgehead atoms. The summed E-state index contributed by atoms with van der Waals surface area (Å²) >= 11 is 0. The molecule has 1 heterocycles. The number of rotatable bonds is 2. The van der Waals surface area contributed by atoms with Crippen LogP contribution in [0.15, 0.2) is 30.9 Å². The zero-order valence-electron chi connectivity index (χ0n) is 9.74. The summed E-state index contributed by atoms with van der Waals surface area (Å²) in [5, 5.41) is 2.60. The molecule has 0 radical (unpaired) electrons. The summed E-state index contributed by atoms with van der Waals surface area (Å²) in [5.41, 5.74) is 1.28. The van der Waals surface area contributed by atoms with Gasteiger partial charge in [-0.3, -0.25) is 4.79 Å². The van der Waals surface area contributed by atoms with Crippen molar-refractivity contribution in [3.05, 3.63) is 42.0 Å². The zero-order valence-corrected chi connectivity index (χ0v) is 9.74. The maximum Gasteiger partial charge on any atom is 0.339 e. The minimum absolute atomic E-state index is 0.310. The average Bonchev–Trinajstić information content (AvgIpc) is 2.49. The molecule has 0 atom stereocenters. The number of carbonyl (C=O) groups is 2. The first-order chi connectivity index (χ1) is 7.94. The molecule has 0 spiro atoms. The fourth-order valence-corrected chi connectivity index (χ4v) is 1.85. The molecular formula is C13H13NO3. The number of carbonyl (C=O) groups excluding carboxylic acids is 2. The monoisotopic (exact) mass is 231 g/mol. The van der Waals surface area contributed by atoms with Crippen molar-refractivity contribution >= 4 is 17.6 Å². The van der Waals surface area contributed by atoms with E-state index in [9.17, 15) is 9.59 Å². The lowest BCUT2D eigenvalue weighted by Gasteiger charge is -2.17. The van der Waals surface area contributed by atoms with Crippen LogP contribution in [0, 0.1) is 0 Å². The van der Waals surface area contributed by atoms with E-state index in [4.69, 9.17) is 4.74 Å². The highest BCUT2D eigenvalue weighted by Gasteiger charge is 2.37. The van der Waals surface area contributed by atoms with Gasteiger partial charge in [0.1, 0.15) is 5.60 Å². The predicted octanol–water partition coefficient (Wildman–Crippen LogP) is 2.22. The molecule has 1 aromatic carbocycles. The summed E-state index contributed by atoms with van der Waals surface area (Å²) in [6.07, 6.45) is 1.18. The highest BCUT2D eigenvalue weighted by Crippen LogP contribution is 2.36. The van der Waals surface area contributed by atoms with Crippen LogP contribution in [0.3, 0.4) is 0 Å². The molecule has 1 aliphatic heterocycles. The highest BCUT2D eigenvalue weighted by atomic mass is 16.6. The topological polar surface area (TPSA) is 55.4 Å². The second-order valence-corrected chi connectivity index (χ2v) is 4.35. The Morgan fingerprint density at radius 1 is 1.47 bits per heavy atom. The molecule has 2 rings (SSSR count). The predicted molar refractivity (Wildman–Crippen MR) is 63.7 cm³/mol. The first kappa shape index (κ1) is 11.4. The Bertz CT molecular complexity index is 517. The number of nitrogens with one attached hydrogen (secondary N) is 1. The van der Waals surface area contributed by atoms with Crippen LogP contribution in [0.25, 0.3) is 0 Å². The van der Waals surface area contributed by atoms with E-state index in [1.807, 2.05) is 13.8 Å². The fraction of sp³-hybridized carbons (Fsp3) is 0.231. The van der Waals surface area contributed by atoms with Crippen LogP contribution in [-0.4, -0.2) is 11.9 Å². The molecule has 88 valence electrons. The van der Waals surface area contributed by atoms with E-state index >= 15 is 0 Å². The van der Waals surface area contributed by atoms with Crippen molar-refractivity contribution in [2.75, 3.05) is 5.32 Å². The van der Waals surface area contributed by atoms with Crippen molar-refractivity contribution in [2.45, 2.75) is 19.4 Å². The summed E-state index contributed by atoms with van der Waals surface area (Å²) in [6, 6.07) is 5.15. The van der Waals surface area contributed by atoms with Crippen LogP contribution in [-0.2, 0) is 15.1 Å². The number of anilines is 1. The molecule has 0 unspecified atom stereocenters. The quantitative estimate of drug-likeness (QED) is 0.627. The molecule has 0 saturated carbocycles. The minimum atomic E-state index is -0.604. The molecule has 1 aromatic rings. The molecule has 1 aliphatic rings. The molecule has 17 heavy (non-hydrogen) atoms. The SMILES string of the molecule is C=CC(=O)Nc1ccc2c(c1)C(=O)OC2(C)C. The summed E-state index contributed by atoms with van der Waals surface area (Å²) in [7, 11) is 0. The van der Waals surface area contributed by atoms with Crippen LogP contribution in [0.5, 0.6) is 0 Å². The average molecular weight is 231 g/mol. The number of benzene rings is 1. The Morgan fingerprint density at radius 3 is 2.82 bits per heavy atom. The zero-order chi connectivity index (χ0) is 12.6. The summed E-state index contributed by atoms with van der Waals surface area (Å²) in [6.45, 7) is 7.03.